The van der Waals surface area contributed by atoms with Crippen LogP contribution in [0.3, 0.4) is 0 Å². The van der Waals surface area contributed by atoms with Crippen molar-refractivity contribution >= 4 is 18.0 Å². The molecule has 6 nitrogen and oxygen atoms in total. The fourth-order valence-corrected chi connectivity index (χ4v) is 1.29. The van der Waals surface area contributed by atoms with Crippen molar-refractivity contribution in [3.05, 3.63) is 35.9 Å². The monoisotopic (exact) mass is 234 g/mol. The molecule has 0 saturated carbocycles. The number of alkyl carbamates (subject to hydrolysis) is 1. The maximum atomic E-state index is 11.4. The van der Waals surface area contributed by atoms with E-state index in [1.165, 1.54) is 12.1 Å². The standard InChI is InChI=1S/C11H10N2O4/c14-9-8(6-12-9)13-11(16)17-10(15)7-4-2-1-3-5-7/h1-5,8H,6H2,(H,12,14)(H,13,16). The summed E-state index contributed by atoms with van der Waals surface area (Å²) in [5.41, 5.74) is 0.278. The van der Waals surface area contributed by atoms with E-state index in [4.69, 9.17) is 0 Å². The van der Waals surface area contributed by atoms with Gasteiger partial charge in [-0.2, -0.15) is 0 Å². The summed E-state index contributed by atoms with van der Waals surface area (Å²) in [7, 11) is 0. The molecular formula is C11H10N2O4. The Hall–Kier alpha value is -2.37. The smallest absolute Gasteiger partial charge is 0.373 e. The second-order valence-electron chi connectivity index (χ2n) is 3.49. The van der Waals surface area contributed by atoms with Gasteiger partial charge in [-0.25, -0.2) is 9.59 Å². The molecule has 0 aliphatic carbocycles. The van der Waals surface area contributed by atoms with Gasteiger partial charge in [-0.05, 0) is 12.1 Å². The van der Waals surface area contributed by atoms with Gasteiger partial charge in [-0.15, -0.1) is 0 Å². The molecule has 1 saturated heterocycles. The van der Waals surface area contributed by atoms with Crippen molar-refractivity contribution in [2.45, 2.75) is 6.04 Å². The van der Waals surface area contributed by atoms with Gasteiger partial charge in [-0.3, -0.25) is 4.79 Å². The van der Waals surface area contributed by atoms with Crippen LogP contribution in [0.2, 0.25) is 0 Å². The molecule has 1 atom stereocenters. The Morgan fingerprint density at radius 3 is 2.53 bits per heavy atom. The zero-order valence-electron chi connectivity index (χ0n) is 8.80. The van der Waals surface area contributed by atoms with Gasteiger partial charge in [0.2, 0.25) is 5.91 Å². The first kappa shape index (κ1) is 11.1. The van der Waals surface area contributed by atoms with Gasteiger partial charge in [0.15, 0.2) is 0 Å². The molecule has 0 bridgehead atoms. The minimum Gasteiger partial charge on any atom is -0.373 e. The number of rotatable bonds is 2. The van der Waals surface area contributed by atoms with Gasteiger partial charge in [0, 0.05) is 6.54 Å². The van der Waals surface area contributed by atoms with Crippen molar-refractivity contribution in [3.63, 3.8) is 0 Å². The number of esters is 1. The lowest BCUT2D eigenvalue weighted by molar-refractivity contribution is -0.128. The van der Waals surface area contributed by atoms with Crippen LogP contribution in [0.4, 0.5) is 4.79 Å². The highest BCUT2D eigenvalue weighted by atomic mass is 16.6. The van der Waals surface area contributed by atoms with Crippen LogP contribution >= 0.6 is 0 Å². The van der Waals surface area contributed by atoms with E-state index in [0.717, 1.165) is 0 Å². The van der Waals surface area contributed by atoms with Gasteiger partial charge in [0.1, 0.15) is 6.04 Å². The maximum Gasteiger partial charge on any atom is 0.415 e. The SMILES string of the molecule is O=C(NC1CNC1=O)OC(=O)c1ccccc1. The van der Waals surface area contributed by atoms with Crippen molar-refractivity contribution in [1.29, 1.82) is 0 Å². The van der Waals surface area contributed by atoms with Crippen LogP contribution in [0.5, 0.6) is 0 Å². The Kier molecular flexibility index (Phi) is 3.04. The first-order chi connectivity index (χ1) is 8.16. The topological polar surface area (TPSA) is 84.5 Å². The fraction of sp³-hybridized carbons (Fsp3) is 0.182. The molecule has 88 valence electrons. The van der Waals surface area contributed by atoms with Crippen LogP contribution in [-0.4, -0.2) is 30.6 Å². The van der Waals surface area contributed by atoms with Crippen molar-refractivity contribution in [1.82, 2.24) is 10.6 Å². The van der Waals surface area contributed by atoms with E-state index in [0.29, 0.717) is 6.54 Å². The second kappa shape index (κ2) is 4.65. The highest BCUT2D eigenvalue weighted by molar-refractivity contribution is 5.98. The van der Waals surface area contributed by atoms with Gasteiger partial charge < -0.3 is 15.4 Å². The van der Waals surface area contributed by atoms with Crippen LogP contribution in [0.15, 0.2) is 30.3 Å². The third kappa shape index (κ3) is 2.60. The third-order valence-corrected chi connectivity index (χ3v) is 2.28. The second-order valence-corrected chi connectivity index (χ2v) is 3.49. The molecule has 1 aromatic rings. The van der Waals surface area contributed by atoms with E-state index in [2.05, 4.69) is 15.4 Å². The molecule has 1 aliphatic heterocycles. The van der Waals surface area contributed by atoms with Crippen LogP contribution in [0.25, 0.3) is 0 Å². The largest absolute Gasteiger partial charge is 0.415 e. The Labute approximate surface area is 96.9 Å². The summed E-state index contributed by atoms with van der Waals surface area (Å²) in [6.45, 7) is 0.355. The lowest BCUT2D eigenvalue weighted by Crippen LogP contribution is -2.61. The molecule has 1 unspecified atom stereocenters. The third-order valence-electron chi connectivity index (χ3n) is 2.28. The molecule has 2 rings (SSSR count). The number of carbonyl (C=O) groups excluding carboxylic acids is 3. The summed E-state index contributed by atoms with van der Waals surface area (Å²) >= 11 is 0. The quantitative estimate of drug-likeness (QED) is 0.430. The van der Waals surface area contributed by atoms with Gasteiger partial charge >= 0.3 is 12.1 Å². The first-order valence-electron chi connectivity index (χ1n) is 5.02. The summed E-state index contributed by atoms with van der Waals surface area (Å²) in [4.78, 5) is 33.5. The van der Waals surface area contributed by atoms with Crippen LogP contribution in [0, 0.1) is 0 Å². The molecule has 1 aromatic carbocycles. The van der Waals surface area contributed by atoms with E-state index < -0.39 is 18.1 Å². The summed E-state index contributed by atoms with van der Waals surface area (Å²) < 4.78 is 4.52. The zero-order chi connectivity index (χ0) is 12.3. The normalized spacial score (nSPS) is 17.6. The average molecular weight is 234 g/mol. The molecule has 2 N–H and O–H groups in total. The maximum absolute atomic E-state index is 11.4. The predicted octanol–water partition coefficient (Wildman–Crippen LogP) is 0.0514. The van der Waals surface area contributed by atoms with E-state index in [1.54, 1.807) is 18.2 Å². The first-order valence-corrected chi connectivity index (χ1v) is 5.02. The molecule has 1 fully saturated rings. The molecule has 1 heterocycles. The van der Waals surface area contributed by atoms with Gasteiger partial charge in [0.25, 0.3) is 0 Å². The summed E-state index contributed by atoms with van der Waals surface area (Å²) in [6, 6.07) is 7.53. The number of amides is 2. The van der Waals surface area contributed by atoms with E-state index in [9.17, 15) is 14.4 Å². The highest BCUT2D eigenvalue weighted by Crippen LogP contribution is 2.02. The molecule has 0 aromatic heterocycles. The minimum atomic E-state index is -0.918. The van der Waals surface area contributed by atoms with Crippen molar-refractivity contribution < 1.29 is 19.1 Å². The molecule has 0 radical (unpaired) electrons. The predicted molar refractivity (Wildman–Crippen MR) is 57.2 cm³/mol. The summed E-state index contributed by atoms with van der Waals surface area (Å²) in [5.74, 6) is -1.03. The van der Waals surface area contributed by atoms with E-state index >= 15 is 0 Å². The Bertz CT molecular complexity index is 458. The Morgan fingerprint density at radius 1 is 1.29 bits per heavy atom. The Balaban J connectivity index is 1.86. The summed E-state index contributed by atoms with van der Waals surface area (Å²) in [6.07, 6.45) is -0.918. The number of benzene rings is 1. The molecular weight excluding hydrogens is 224 g/mol. The van der Waals surface area contributed by atoms with Gasteiger partial charge in [0.05, 0.1) is 5.56 Å². The van der Waals surface area contributed by atoms with Crippen LogP contribution in [-0.2, 0) is 9.53 Å². The number of hydrogen-bond donors (Lipinski definition) is 2. The lowest BCUT2D eigenvalue weighted by Gasteiger charge is -2.25. The van der Waals surface area contributed by atoms with Crippen molar-refractivity contribution in [2.75, 3.05) is 6.54 Å². The van der Waals surface area contributed by atoms with Crippen LogP contribution in [0.1, 0.15) is 10.4 Å². The molecule has 17 heavy (non-hydrogen) atoms. The van der Waals surface area contributed by atoms with Gasteiger partial charge in [-0.1, -0.05) is 18.2 Å². The lowest BCUT2D eigenvalue weighted by atomic mass is 10.2. The molecule has 1 aliphatic rings. The van der Waals surface area contributed by atoms with Crippen molar-refractivity contribution in [3.8, 4) is 0 Å². The molecule has 2 amide bonds. The number of carbonyl (C=O) groups is 3. The van der Waals surface area contributed by atoms with Crippen LogP contribution < -0.4 is 10.6 Å². The van der Waals surface area contributed by atoms with E-state index in [1.807, 2.05) is 0 Å². The number of ether oxygens (including phenoxy) is 1. The average Bonchev–Trinajstić information content (AvgIpc) is 2.35. The summed E-state index contributed by atoms with van der Waals surface area (Å²) in [5, 5.41) is 4.73. The van der Waals surface area contributed by atoms with Crippen molar-refractivity contribution in [2.24, 2.45) is 0 Å². The fourth-order valence-electron chi connectivity index (χ4n) is 1.29. The number of nitrogens with one attached hydrogen (secondary N) is 2. The molecule has 0 spiro atoms. The van der Waals surface area contributed by atoms with E-state index in [-0.39, 0.29) is 11.5 Å². The number of β-lactam (4-membered cyclic amide) rings is 1. The molecule has 6 heteroatoms. The number of hydrogen-bond acceptors (Lipinski definition) is 4. The highest BCUT2D eigenvalue weighted by Gasteiger charge is 2.30. The zero-order valence-corrected chi connectivity index (χ0v) is 8.80. The minimum absolute atomic E-state index is 0.278. The Morgan fingerprint density at radius 2 is 2.00 bits per heavy atom.